The molecule has 7 heteroatoms. The summed E-state index contributed by atoms with van der Waals surface area (Å²) in [5.74, 6) is 0.326. The van der Waals surface area contributed by atoms with Gasteiger partial charge >= 0.3 is 0 Å². The molecule has 2 aromatic carbocycles. The van der Waals surface area contributed by atoms with Crippen molar-refractivity contribution >= 4 is 35.2 Å². The summed E-state index contributed by atoms with van der Waals surface area (Å²) in [6.07, 6.45) is 3.80. The normalized spacial score (nSPS) is 10.7. The van der Waals surface area contributed by atoms with Gasteiger partial charge in [0.1, 0.15) is 0 Å². The molecular formula is C22H25ClN2O4. The maximum atomic E-state index is 12.4. The van der Waals surface area contributed by atoms with Gasteiger partial charge in [0.05, 0.1) is 25.8 Å². The molecule has 0 aliphatic carbocycles. The standard InChI is InChI=1S/C22H25ClN2O4/c1-5-16-8-6-7-9-18(16)24-20(26)14-25(2)21(27)11-10-15-12-17(23)22(29-4)19(13-15)28-3/h6-13H,5,14H2,1-4H3,(H,24,26)/b11-10+. The Bertz CT molecular complexity index is 912. The highest BCUT2D eigenvalue weighted by atomic mass is 35.5. The van der Waals surface area contributed by atoms with E-state index in [4.69, 9.17) is 21.1 Å². The van der Waals surface area contributed by atoms with Crippen molar-refractivity contribution in [3.05, 3.63) is 58.6 Å². The first-order valence-corrected chi connectivity index (χ1v) is 9.49. The number of benzene rings is 2. The van der Waals surface area contributed by atoms with E-state index < -0.39 is 0 Å². The summed E-state index contributed by atoms with van der Waals surface area (Å²) >= 11 is 6.17. The van der Waals surface area contributed by atoms with E-state index in [0.717, 1.165) is 17.7 Å². The minimum Gasteiger partial charge on any atom is -0.493 e. The van der Waals surface area contributed by atoms with Crippen LogP contribution in [-0.4, -0.2) is 44.5 Å². The molecule has 0 aromatic heterocycles. The molecule has 0 radical (unpaired) electrons. The Morgan fingerprint density at radius 1 is 1.17 bits per heavy atom. The molecule has 0 spiro atoms. The number of carbonyl (C=O) groups is 2. The number of nitrogens with one attached hydrogen (secondary N) is 1. The SMILES string of the molecule is CCc1ccccc1NC(=O)CN(C)C(=O)/C=C/c1cc(Cl)c(OC)c(OC)c1. The molecule has 154 valence electrons. The van der Waals surface area contributed by atoms with Gasteiger partial charge in [-0.25, -0.2) is 0 Å². The Morgan fingerprint density at radius 3 is 2.55 bits per heavy atom. The van der Waals surface area contributed by atoms with Gasteiger partial charge < -0.3 is 19.7 Å². The van der Waals surface area contributed by atoms with Crippen LogP contribution in [0.15, 0.2) is 42.5 Å². The lowest BCUT2D eigenvalue weighted by atomic mass is 10.1. The first-order chi connectivity index (χ1) is 13.9. The lowest BCUT2D eigenvalue weighted by molar-refractivity contribution is -0.129. The summed E-state index contributed by atoms with van der Waals surface area (Å²) in [5, 5.41) is 3.23. The minimum atomic E-state index is -0.310. The second-order valence-electron chi connectivity index (χ2n) is 6.32. The summed E-state index contributed by atoms with van der Waals surface area (Å²) in [5.41, 5.74) is 2.48. The fraction of sp³-hybridized carbons (Fsp3) is 0.273. The van der Waals surface area contributed by atoms with Gasteiger partial charge in [0.15, 0.2) is 11.5 Å². The topological polar surface area (TPSA) is 67.9 Å². The monoisotopic (exact) mass is 416 g/mol. The third kappa shape index (κ3) is 5.99. The number of hydrogen-bond donors (Lipinski definition) is 1. The van der Waals surface area contributed by atoms with Crippen molar-refractivity contribution in [1.82, 2.24) is 4.90 Å². The number of para-hydroxylation sites is 1. The number of carbonyl (C=O) groups excluding carboxylic acids is 2. The van der Waals surface area contributed by atoms with Crippen LogP contribution < -0.4 is 14.8 Å². The van der Waals surface area contributed by atoms with E-state index in [1.807, 2.05) is 31.2 Å². The highest BCUT2D eigenvalue weighted by Gasteiger charge is 2.13. The van der Waals surface area contributed by atoms with E-state index in [-0.39, 0.29) is 18.4 Å². The molecule has 2 aromatic rings. The number of halogens is 1. The first kappa shape index (κ1) is 22.3. The Hall–Kier alpha value is -2.99. The Balaban J connectivity index is 2.01. The number of nitrogens with zero attached hydrogens (tertiary/aromatic N) is 1. The van der Waals surface area contributed by atoms with Crippen molar-refractivity contribution in [2.45, 2.75) is 13.3 Å². The molecule has 0 saturated carbocycles. The predicted molar refractivity (Wildman–Crippen MR) is 116 cm³/mol. The quantitative estimate of drug-likeness (QED) is 0.660. The van der Waals surface area contributed by atoms with Gasteiger partial charge in [-0.2, -0.15) is 0 Å². The predicted octanol–water partition coefficient (Wildman–Crippen LogP) is 4.03. The van der Waals surface area contributed by atoms with Gasteiger partial charge in [-0.1, -0.05) is 36.7 Å². The lowest BCUT2D eigenvalue weighted by Crippen LogP contribution is -2.34. The second kappa shape index (κ2) is 10.5. The van der Waals surface area contributed by atoms with E-state index >= 15 is 0 Å². The van der Waals surface area contributed by atoms with Crippen LogP contribution in [0.5, 0.6) is 11.5 Å². The third-order valence-corrected chi connectivity index (χ3v) is 4.58. The van der Waals surface area contributed by atoms with Crippen LogP contribution in [0.25, 0.3) is 6.08 Å². The fourth-order valence-electron chi connectivity index (χ4n) is 2.76. The van der Waals surface area contributed by atoms with Crippen LogP contribution in [0.1, 0.15) is 18.1 Å². The maximum absolute atomic E-state index is 12.4. The minimum absolute atomic E-state index is 0.0616. The van der Waals surface area contributed by atoms with Gasteiger partial charge in [-0.05, 0) is 41.8 Å². The maximum Gasteiger partial charge on any atom is 0.246 e. The lowest BCUT2D eigenvalue weighted by Gasteiger charge is -2.16. The molecule has 1 N–H and O–H groups in total. The van der Waals surface area contributed by atoms with Crippen molar-refractivity contribution in [2.75, 3.05) is 33.1 Å². The van der Waals surface area contributed by atoms with Crippen molar-refractivity contribution < 1.29 is 19.1 Å². The van der Waals surface area contributed by atoms with E-state index in [9.17, 15) is 9.59 Å². The molecule has 0 bridgehead atoms. The van der Waals surface area contributed by atoms with Gasteiger partial charge in [0.2, 0.25) is 11.8 Å². The van der Waals surface area contributed by atoms with E-state index in [2.05, 4.69) is 5.32 Å². The van der Waals surface area contributed by atoms with E-state index in [1.165, 1.54) is 25.2 Å². The molecular weight excluding hydrogens is 392 g/mol. The average Bonchev–Trinajstić information content (AvgIpc) is 2.71. The van der Waals surface area contributed by atoms with E-state index in [1.54, 1.807) is 25.3 Å². The zero-order valence-electron chi connectivity index (χ0n) is 17.0. The third-order valence-electron chi connectivity index (χ3n) is 4.30. The summed E-state index contributed by atoms with van der Waals surface area (Å²) < 4.78 is 10.4. The van der Waals surface area contributed by atoms with Gasteiger partial charge in [-0.3, -0.25) is 9.59 Å². The van der Waals surface area contributed by atoms with Crippen molar-refractivity contribution in [3.63, 3.8) is 0 Å². The molecule has 0 fully saturated rings. The highest BCUT2D eigenvalue weighted by molar-refractivity contribution is 6.32. The number of likely N-dealkylation sites (N-methyl/N-ethyl adjacent to an activating group) is 1. The number of ether oxygens (including phenoxy) is 2. The molecule has 0 aliphatic heterocycles. The molecule has 6 nitrogen and oxygen atoms in total. The fourth-order valence-corrected chi connectivity index (χ4v) is 3.06. The van der Waals surface area contributed by atoms with Crippen LogP contribution >= 0.6 is 11.6 Å². The summed E-state index contributed by atoms with van der Waals surface area (Å²) in [6.45, 7) is 1.96. The molecule has 0 heterocycles. The Morgan fingerprint density at radius 2 is 1.90 bits per heavy atom. The largest absolute Gasteiger partial charge is 0.493 e. The number of aryl methyl sites for hydroxylation is 1. The summed E-state index contributed by atoms with van der Waals surface area (Å²) in [4.78, 5) is 26.0. The highest BCUT2D eigenvalue weighted by Crippen LogP contribution is 2.36. The number of rotatable bonds is 8. The van der Waals surface area contributed by atoms with Crippen LogP contribution in [0.3, 0.4) is 0 Å². The molecule has 2 rings (SSSR count). The zero-order chi connectivity index (χ0) is 21.4. The molecule has 0 atom stereocenters. The van der Waals surface area contributed by atoms with Gasteiger partial charge in [-0.15, -0.1) is 0 Å². The van der Waals surface area contributed by atoms with E-state index in [0.29, 0.717) is 22.1 Å². The van der Waals surface area contributed by atoms with Gasteiger partial charge in [0.25, 0.3) is 0 Å². The first-order valence-electron chi connectivity index (χ1n) is 9.12. The van der Waals surface area contributed by atoms with Crippen LogP contribution in [0.4, 0.5) is 5.69 Å². The Kier molecular flexibility index (Phi) is 8.09. The van der Waals surface area contributed by atoms with Crippen molar-refractivity contribution in [3.8, 4) is 11.5 Å². The Labute approximate surface area is 176 Å². The smallest absolute Gasteiger partial charge is 0.246 e. The molecule has 0 unspecified atom stereocenters. The number of amides is 2. The van der Waals surface area contributed by atoms with Crippen LogP contribution in [-0.2, 0) is 16.0 Å². The number of methoxy groups -OCH3 is 2. The summed E-state index contributed by atoms with van der Waals surface area (Å²) in [6, 6.07) is 11.0. The van der Waals surface area contributed by atoms with Crippen molar-refractivity contribution in [1.29, 1.82) is 0 Å². The van der Waals surface area contributed by atoms with Crippen LogP contribution in [0.2, 0.25) is 5.02 Å². The molecule has 29 heavy (non-hydrogen) atoms. The zero-order valence-corrected chi connectivity index (χ0v) is 17.7. The second-order valence-corrected chi connectivity index (χ2v) is 6.73. The van der Waals surface area contributed by atoms with Crippen LogP contribution in [0, 0.1) is 0 Å². The number of hydrogen-bond acceptors (Lipinski definition) is 4. The summed E-state index contributed by atoms with van der Waals surface area (Å²) in [7, 11) is 4.58. The molecule has 2 amide bonds. The number of anilines is 1. The van der Waals surface area contributed by atoms with Gasteiger partial charge in [0, 0.05) is 18.8 Å². The average molecular weight is 417 g/mol. The molecule has 0 aliphatic rings. The van der Waals surface area contributed by atoms with Crippen molar-refractivity contribution in [2.24, 2.45) is 0 Å². The molecule has 0 saturated heterocycles.